The smallest absolute Gasteiger partial charge is 0.0780 e. The van der Waals surface area contributed by atoms with Gasteiger partial charge >= 0.3 is 0 Å². The minimum atomic E-state index is 1.03. The van der Waals surface area contributed by atoms with E-state index in [1.807, 2.05) is 17.5 Å². The van der Waals surface area contributed by atoms with Crippen LogP contribution in [0.2, 0.25) is 0 Å². The van der Waals surface area contributed by atoms with Gasteiger partial charge < -0.3 is 0 Å². The van der Waals surface area contributed by atoms with Crippen LogP contribution in [-0.2, 0) is 0 Å². The summed E-state index contributed by atoms with van der Waals surface area (Å²) in [5.74, 6) is 0. The van der Waals surface area contributed by atoms with Crippen LogP contribution >= 0.6 is 11.3 Å². The lowest BCUT2D eigenvalue weighted by Crippen LogP contribution is -1.88. The van der Waals surface area contributed by atoms with Gasteiger partial charge in [0.1, 0.15) is 0 Å². The summed E-state index contributed by atoms with van der Waals surface area (Å²) in [4.78, 5) is 4.83. The van der Waals surface area contributed by atoms with Crippen LogP contribution in [0, 0.1) is 0 Å². The zero-order valence-electron chi connectivity index (χ0n) is 21.0. The highest BCUT2D eigenvalue weighted by Gasteiger charge is 2.15. The van der Waals surface area contributed by atoms with Gasteiger partial charge in [0, 0.05) is 37.3 Å². The molecule has 9 rings (SSSR count). The van der Waals surface area contributed by atoms with E-state index in [9.17, 15) is 0 Å². The van der Waals surface area contributed by atoms with Gasteiger partial charge in [-0.3, -0.25) is 4.98 Å². The molecule has 7 aromatic carbocycles. The molecule has 0 radical (unpaired) electrons. The third-order valence-corrected chi connectivity index (χ3v) is 9.44. The molecule has 1 nitrogen and oxygen atoms in total. The Morgan fingerprint density at radius 3 is 2.10 bits per heavy atom. The summed E-state index contributed by atoms with van der Waals surface area (Å²) < 4.78 is 2.74. The molecule has 180 valence electrons. The van der Waals surface area contributed by atoms with Crippen LogP contribution in [0.5, 0.6) is 0 Å². The Balaban J connectivity index is 1.20. The average molecular weight is 512 g/mol. The molecule has 0 atom stereocenters. The van der Waals surface area contributed by atoms with Crippen LogP contribution in [0.1, 0.15) is 0 Å². The first-order chi connectivity index (χ1) is 19.3. The second kappa shape index (κ2) is 7.86. The minimum absolute atomic E-state index is 1.03. The lowest BCUT2D eigenvalue weighted by atomic mass is 9.94. The molecule has 0 fully saturated rings. The molecule has 0 N–H and O–H groups in total. The number of nitrogens with zero attached hydrogens (tertiary/aromatic N) is 1. The van der Waals surface area contributed by atoms with Crippen LogP contribution in [0.25, 0.3) is 85.6 Å². The Hall–Kier alpha value is -4.79. The molecule has 0 saturated heterocycles. The molecule has 9 aromatic rings. The van der Waals surface area contributed by atoms with Gasteiger partial charge in [0.2, 0.25) is 0 Å². The summed E-state index contributed by atoms with van der Waals surface area (Å²) in [5, 5.41) is 12.9. The van der Waals surface area contributed by atoms with E-state index in [-0.39, 0.29) is 0 Å². The quantitative estimate of drug-likeness (QED) is 0.210. The topological polar surface area (TPSA) is 12.9 Å². The highest BCUT2D eigenvalue weighted by molar-refractivity contribution is 7.26. The van der Waals surface area contributed by atoms with Crippen LogP contribution in [0.15, 0.2) is 128 Å². The van der Waals surface area contributed by atoms with E-state index in [4.69, 9.17) is 4.98 Å². The third kappa shape index (κ3) is 3.04. The van der Waals surface area contributed by atoms with Crippen molar-refractivity contribution in [2.45, 2.75) is 0 Å². The summed E-state index contributed by atoms with van der Waals surface area (Å²) in [7, 11) is 0. The van der Waals surface area contributed by atoms with Crippen LogP contribution in [0.3, 0.4) is 0 Å². The Morgan fingerprint density at radius 2 is 1.18 bits per heavy atom. The summed E-state index contributed by atoms with van der Waals surface area (Å²) in [6.07, 6.45) is 1.94. The van der Waals surface area contributed by atoms with E-state index in [2.05, 4.69) is 121 Å². The van der Waals surface area contributed by atoms with Crippen molar-refractivity contribution in [1.29, 1.82) is 0 Å². The molecule has 0 aliphatic heterocycles. The third-order valence-electron chi connectivity index (χ3n) is 8.25. The number of pyridine rings is 1. The first kappa shape index (κ1) is 21.2. The number of rotatable bonds is 2. The Morgan fingerprint density at radius 1 is 0.462 bits per heavy atom. The molecule has 2 heteroatoms. The Kier molecular flexibility index (Phi) is 4.27. The number of thiophene rings is 1. The predicted molar refractivity (Wildman–Crippen MR) is 169 cm³/mol. The van der Waals surface area contributed by atoms with Crippen molar-refractivity contribution >= 4 is 74.6 Å². The van der Waals surface area contributed by atoms with E-state index < -0.39 is 0 Å². The normalized spacial score (nSPS) is 12.1. The van der Waals surface area contributed by atoms with Crippen LogP contribution in [-0.4, -0.2) is 4.98 Å². The maximum atomic E-state index is 4.83. The maximum Gasteiger partial charge on any atom is 0.0780 e. The van der Waals surface area contributed by atoms with Gasteiger partial charge in [-0.2, -0.15) is 0 Å². The van der Waals surface area contributed by atoms with Crippen LogP contribution < -0.4 is 0 Å². The van der Waals surface area contributed by atoms with Gasteiger partial charge in [0.15, 0.2) is 0 Å². The standard InChI is InChI=1S/C37H21NS/c1-2-6-29-22(4-1)14-17-32-31(29)18-19-38-36(32)28-13-11-25-20-27(12-10-26(25)21-28)30-16-15-24-9-8-23-5-3-7-33-34(23)35(24)37(30)39-33/h1-21H. The Labute approximate surface area is 228 Å². The second-order valence-corrected chi connectivity index (χ2v) is 11.4. The van der Waals surface area contributed by atoms with Crippen molar-refractivity contribution < 1.29 is 0 Å². The van der Waals surface area contributed by atoms with E-state index in [1.165, 1.54) is 74.4 Å². The highest BCUT2D eigenvalue weighted by Crippen LogP contribution is 2.45. The minimum Gasteiger partial charge on any atom is -0.256 e. The fourth-order valence-electron chi connectivity index (χ4n) is 6.39. The molecule has 2 aromatic heterocycles. The first-order valence-corrected chi connectivity index (χ1v) is 14.1. The molecule has 0 aliphatic carbocycles. The Bertz CT molecular complexity index is 2390. The molecular weight excluding hydrogens is 490 g/mol. The molecule has 39 heavy (non-hydrogen) atoms. The molecule has 0 amide bonds. The SMILES string of the molecule is c1ccc2c(c1)ccc1c(-c3ccc4cc(-c5ccc6ccc7cccc8sc5c6c78)ccc4c3)nccc12. The lowest BCUT2D eigenvalue weighted by molar-refractivity contribution is 1.36. The first-order valence-electron chi connectivity index (χ1n) is 13.3. The second-order valence-electron chi connectivity index (χ2n) is 10.4. The summed E-state index contributed by atoms with van der Waals surface area (Å²) >= 11 is 1.91. The van der Waals surface area contributed by atoms with Crippen molar-refractivity contribution in [3.05, 3.63) is 128 Å². The molecule has 0 spiro atoms. The zero-order chi connectivity index (χ0) is 25.5. The number of aromatic nitrogens is 1. The van der Waals surface area contributed by atoms with Crippen molar-refractivity contribution in [2.24, 2.45) is 0 Å². The van der Waals surface area contributed by atoms with Gasteiger partial charge in [-0.15, -0.1) is 11.3 Å². The van der Waals surface area contributed by atoms with Crippen molar-refractivity contribution in [2.75, 3.05) is 0 Å². The molecule has 2 heterocycles. The predicted octanol–water partition coefficient (Wildman–Crippen LogP) is 10.8. The number of benzene rings is 7. The van der Waals surface area contributed by atoms with Crippen molar-refractivity contribution in [3.63, 3.8) is 0 Å². The largest absolute Gasteiger partial charge is 0.256 e. The van der Waals surface area contributed by atoms with Gasteiger partial charge in [-0.1, -0.05) is 97.1 Å². The van der Waals surface area contributed by atoms with Gasteiger partial charge in [-0.25, -0.2) is 0 Å². The molecule has 0 saturated carbocycles. The molecular formula is C37H21NS. The van der Waals surface area contributed by atoms with Crippen molar-refractivity contribution in [3.8, 4) is 22.4 Å². The van der Waals surface area contributed by atoms with E-state index >= 15 is 0 Å². The highest BCUT2D eigenvalue weighted by atomic mass is 32.1. The molecule has 0 aliphatic rings. The molecule has 0 bridgehead atoms. The van der Waals surface area contributed by atoms with Gasteiger partial charge in [0.25, 0.3) is 0 Å². The number of fused-ring (bicyclic) bond motifs is 4. The average Bonchev–Trinajstić information content (AvgIpc) is 3.40. The summed E-state index contributed by atoms with van der Waals surface area (Å²) in [6, 6.07) is 44.5. The van der Waals surface area contributed by atoms with E-state index in [0.717, 1.165) is 11.3 Å². The fourth-order valence-corrected chi connectivity index (χ4v) is 7.69. The zero-order valence-corrected chi connectivity index (χ0v) is 21.8. The maximum absolute atomic E-state index is 4.83. The summed E-state index contributed by atoms with van der Waals surface area (Å²) in [5.41, 5.74) is 4.75. The number of hydrogen-bond donors (Lipinski definition) is 0. The monoisotopic (exact) mass is 511 g/mol. The fraction of sp³-hybridized carbons (Fsp3) is 0. The van der Waals surface area contributed by atoms with Crippen LogP contribution in [0.4, 0.5) is 0 Å². The molecule has 0 unspecified atom stereocenters. The summed E-state index contributed by atoms with van der Waals surface area (Å²) in [6.45, 7) is 0. The number of hydrogen-bond acceptors (Lipinski definition) is 2. The van der Waals surface area contributed by atoms with Crippen molar-refractivity contribution in [1.82, 2.24) is 4.98 Å². The van der Waals surface area contributed by atoms with E-state index in [0.29, 0.717) is 0 Å². The lowest BCUT2D eigenvalue weighted by Gasteiger charge is -2.11. The van der Waals surface area contributed by atoms with E-state index in [1.54, 1.807) is 0 Å². The van der Waals surface area contributed by atoms with Gasteiger partial charge in [-0.05, 0) is 73.1 Å². The van der Waals surface area contributed by atoms with Gasteiger partial charge in [0.05, 0.1) is 5.69 Å².